The Labute approximate surface area is 153 Å². The van der Waals surface area contributed by atoms with E-state index in [1.807, 2.05) is 44.0 Å². The van der Waals surface area contributed by atoms with E-state index in [2.05, 4.69) is 17.4 Å². The van der Waals surface area contributed by atoms with E-state index in [9.17, 15) is 4.79 Å². The highest BCUT2D eigenvalue weighted by atomic mass is 16.5. The largest absolute Gasteiger partial charge is 0.377 e. The van der Waals surface area contributed by atoms with Gasteiger partial charge < -0.3 is 15.0 Å². The van der Waals surface area contributed by atoms with Crippen LogP contribution in [0.25, 0.3) is 0 Å². The lowest BCUT2D eigenvalue weighted by molar-refractivity contribution is -0.133. The highest BCUT2D eigenvalue weighted by molar-refractivity contribution is 5.81. The van der Waals surface area contributed by atoms with E-state index >= 15 is 0 Å². The van der Waals surface area contributed by atoms with E-state index in [0.29, 0.717) is 6.61 Å². The van der Waals surface area contributed by atoms with Crippen LogP contribution in [0.5, 0.6) is 0 Å². The number of carbonyl (C=O) groups is 1. The first-order valence-corrected chi connectivity index (χ1v) is 9.80. The van der Waals surface area contributed by atoms with Crippen LogP contribution in [-0.2, 0) is 16.1 Å². The van der Waals surface area contributed by atoms with Crippen molar-refractivity contribution in [1.29, 1.82) is 0 Å². The first kappa shape index (κ1) is 21.7. The van der Waals surface area contributed by atoms with Gasteiger partial charge in [0.1, 0.15) is 0 Å². The fourth-order valence-corrected chi connectivity index (χ4v) is 2.99. The van der Waals surface area contributed by atoms with Gasteiger partial charge in [0, 0.05) is 19.7 Å². The van der Waals surface area contributed by atoms with Gasteiger partial charge in [-0.15, -0.1) is 0 Å². The third-order valence-electron chi connectivity index (χ3n) is 4.61. The molecule has 0 fully saturated rings. The number of unbranched alkanes of at least 4 members (excludes halogenated alkanes) is 4. The molecule has 0 spiro atoms. The SMILES string of the molecule is CCN(CC)C(=O)C(CCCCCCCOCc1ccccc1)NC. The molecule has 0 aliphatic heterocycles. The molecular formula is C21H36N2O2. The molecule has 142 valence electrons. The van der Waals surface area contributed by atoms with Gasteiger partial charge in [0.05, 0.1) is 12.6 Å². The zero-order valence-corrected chi connectivity index (χ0v) is 16.3. The van der Waals surface area contributed by atoms with Gasteiger partial charge in [0.2, 0.25) is 5.91 Å². The molecule has 1 unspecified atom stereocenters. The first-order chi connectivity index (χ1) is 12.2. The Bertz CT molecular complexity index is 446. The summed E-state index contributed by atoms with van der Waals surface area (Å²) in [7, 11) is 1.89. The zero-order chi connectivity index (χ0) is 18.3. The van der Waals surface area contributed by atoms with Crippen LogP contribution < -0.4 is 5.32 Å². The second-order valence-electron chi connectivity index (χ2n) is 6.45. The lowest BCUT2D eigenvalue weighted by atomic mass is 10.1. The molecule has 0 saturated carbocycles. The number of likely N-dealkylation sites (N-methyl/N-ethyl adjacent to an activating group) is 2. The summed E-state index contributed by atoms with van der Waals surface area (Å²) >= 11 is 0. The summed E-state index contributed by atoms with van der Waals surface area (Å²) in [5.74, 6) is 0.238. The van der Waals surface area contributed by atoms with Gasteiger partial charge in [0.25, 0.3) is 0 Å². The Balaban J connectivity index is 2.02. The lowest BCUT2D eigenvalue weighted by Gasteiger charge is -2.24. The Kier molecular flexibility index (Phi) is 12.0. The lowest BCUT2D eigenvalue weighted by Crippen LogP contribution is -2.45. The fraction of sp³-hybridized carbons (Fsp3) is 0.667. The molecule has 4 nitrogen and oxygen atoms in total. The van der Waals surface area contributed by atoms with Crippen molar-refractivity contribution in [2.24, 2.45) is 0 Å². The predicted octanol–water partition coefficient (Wildman–Crippen LogP) is 4.00. The smallest absolute Gasteiger partial charge is 0.239 e. The van der Waals surface area contributed by atoms with Gasteiger partial charge in [-0.3, -0.25) is 4.79 Å². The standard InChI is InChI=1S/C21H36N2O2/c1-4-23(5-2)21(24)20(22-3)16-12-7-6-8-13-17-25-18-19-14-10-9-11-15-19/h9-11,14-15,20,22H,4-8,12-13,16-18H2,1-3H3. The molecule has 0 saturated heterocycles. The molecule has 25 heavy (non-hydrogen) atoms. The van der Waals surface area contributed by atoms with Crippen LogP contribution in [0.1, 0.15) is 57.9 Å². The van der Waals surface area contributed by atoms with Gasteiger partial charge in [-0.25, -0.2) is 0 Å². The summed E-state index contributed by atoms with van der Waals surface area (Å²) in [6, 6.07) is 10.3. The zero-order valence-electron chi connectivity index (χ0n) is 16.3. The maximum Gasteiger partial charge on any atom is 0.239 e. The number of rotatable bonds is 14. The van der Waals surface area contributed by atoms with E-state index in [0.717, 1.165) is 39.0 Å². The van der Waals surface area contributed by atoms with Crippen molar-refractivity contribution < 1.29 is 9.53 Å². The molecule has 1 atom stereocenters. The van der Waals surface area contributed by atoms with Crippen molar-refractivity contribution in [3.8, 4) is 0 Å². The van der Waals surface area contributed by atoms with Gasteiger partial charge in [0.15, 0.2) is 0 Å². The normalized spacial score (nSPS) is 12.1. The Morgan fingerprint density at radius 3 is 2.32 bits per heavy atom. The average Bonchev–Trinajstić information content (AvgIpc) is 2.65. The van der Waals surface area contributed by atoms with Gasteiger partial charge >= 0.3 is 0 Å². The van der Waals surface area contributed by atoms with Crippen LogP contribution in [0, 0.1) is 0 Å². The van der Waals surface area contributed by atoms with Crippen molar-refractivity contribution in [3.63, 3.8) is 0 Å². The van der Waals surface area contributed by atoms with E-state index in [-0.39, 0.29) is 11.9 Å². The van der Waals surface area contributed by atoms with Crippen LogP contribution in [0.2, 0.25) is 0 Å². The molecule has 0 bridgehead atoms. The molecular weight excluding hydrogens is 312 g/mol. The summed E-state index contributed by atoms with van der Waals surface area (Å²) in [5, 5.41) is 3.17. The van der Waals surface area contributed by atoms with Gasteiger partial charge in [-0.1, -0.05) is 56.0 Å². The second-order valence-corrected chi connectivity index (χ2v) is 6.45. The summed E-state index contributed by atoms with van der Waals surface area (Å²) in [5.41, 5.74) is 1.23. The maximum atomic E-state index is 12.3. The number of nitrogens with one attached hydrogen (secondary N) is 1. The molecule has 1 aromatic rings. The molecule has 0 aliphatic carbocycles. The Morgan fingerprint density at radius 2 is 1.68 bits per heavy atom. The summed E-state index contributed by atoms with van der Waals surface area (Å²) < 4.78 is 5.70. The Morgan fingerprint density at radius 1 is 1.04 bits per heavy atom. The number of nitrogens with zero attached hydrogens (tertiary/aromatic N) is 1. The quantitative estimate of drug-likeness (QED) is 0.517. The van der Waals surface area contributed by atoms with Crippen LogP contribution in [0.3, 0.4) is 0 Å². The van der Waals surface area contributed by atoms with E-state index in [4.69, 9.17) is 4.74 Å². The van der Waals surface area contributed by atoms with Crippen molar-refractivity contribution in [2.45, 2.75) is 65.0 Å². The van der Waals surface area contributed by atoms with Crippen molar-refractivity contribution in [2.75, 3.05) is 26.7 Å². The first-order valence-electron chi connectivity index (χ1n) is 9.80. The summed E-state index contributed by atoms with van der Waals surface area (Å²) in [4.78, 5) is 14.2. The van der Waals surface area contributed by atoms with Gasteiger partial charge in [-0.05, 0) is 39.3 Å². The molecule has 0 radical (unpaired) electrons. The van der Waals surface area contributed by atoms with Crippen LogP contribution >= 0.6 is 0 Å². The molecule has 4 heteroatoms. The fourth-order valence-electron chi connectivity index (χ4n) is 2.99. The highest BCUT2D eigenvalue weighted by Crippen LogP contribution is 2.10. The Hall–Kier alpha value is -1.39. The third kappa shape index (κ3) is 9.03. The third-order valence-corrected chi connectivity index (χ3v) is 4.61. The maximum absolute atomic E-state index is 12.3. The van der Waals surface area contributed by atoms with Crippen molar-refractivity contribution in [3.05, 3.63) is 35.9 Å². The molecule has 1 aromatic carbocycles. The molecule has 1 rings (SSSR count). The average molecular weight is 349 g/mol. The number of benzene rings is 1. The number of ether oxygens (including phenoxy) is 1. The van der Waals surface area contributed by atoms with Crippen molar-refractivity contribution >= 4 is 5.91 Å². The number of amides is 1. The minimum absolute atomic E-state index is 0.0332. The van der Waals surface area contributed by atoms with Crippen LogP contribution in [0.15, 0.2) is 30.3 Å². The molecule has 1 N–H and O–H groups in total. The monoisotopic (exact) mass is 348 g/mol. The molecule has 1 amide bonds. The minimum Gasteiger partial charge on any atom is -0.377 e. The van der Waals surface area contributed by atoms with E-state index < -0.39 is 0 Å². The molecule has 0 aliphatic rings. The van der Waals surface area contributed by atoms with Gasteiger partial charge in [-0.2, -0.15) is 0 Å². The topological polar surface area (TPSA) is 41.6 Å². The second kappa shape index (κ2) is 13.9. The molecule has 0 heterocycles. The van der Waals surface area contributed by atoms with Crippen LogP contribution in [0.4, 0.5) is 0 Å². The van der Waals surface area contributed by atoms with E-state index in [1.165, 1.54) is 24.8 Å². The number of hydrogen-bond donors (Lipinski definition) is 1. The highest BCUT2D eigenvalue weighted by Gasteiger charge is 2.20. The minimum atomic E-state index is -0.0332. The number of carbonyl (C=O) groups excluding carboxylic acids is 1. The van der Waals surface area contributed by atoms with E-state index in [1.54, 1.807) is 0 Å². The van der Waals surface area contributed by atoms with Crippen molar-refractivity contribution in [1.82, 2.24) is 10.2 Å². The predicted molar refractivity (Wildman–Crippen MR) is 105 cm³/mol. The molecule has 0 aromatic heterocycles. The van der Waals surface area contributed by atoms with Crippen LogP contribution in [-0.4, -0.2) is 43.6 Å². The number of hydrogen-bond acceptors (Lipinski definition) is 3. The summed E-state index contributed by atoms with van der Waals surface area (Å²) in [6.07, 6.45) is 6.73. The summed E-state index contributed by atoms with van der Waals surface area (Å²) in [6.45, 7) is 7.18.